The summed E-state index contributed by atoms with van der Waals surface area (Å²) in [6.07, 6.45) is 3.57. The van der Waals surface area contributed by atoms with Crippen LogP contribution < -0.4 is 5.32 Å². The van der Waals surface area contributed by atoms with Crippen molar-refractivity contribution in [2.24, 2.45) is 7.05 Å². The molecule has 0 aliphatic heterocycles. The Bertz CT molecular complexity index is 805. The zero-order chi connectivity index (χ0) is 13.9. The summed E-state index contributed by atoms with van der Waals surface area (Å²) in [6.45, 7) is 0. The Labute approximate surface area is 114 Å². The average Bonchev–Trinajstić information content (AvgIpc) is 3.11. The van der Waals surface area contributed by atoms with Crippen LogP contribution in [0.15, 0.2) is 36.7 Å². The highest BCUT2D eigenvalue weighted by atomic mass is 15.5. The summed E-state index contributed by atoms with van der Waals surface area (Å²) in [6, 6.07) is 10.1. The lowest BCUT2D eigenvalue weighted by Crippen LogP contribution is -1.93. The van der Waals surface area contributed by atoms with E-state index in [0.29, 0.717) is 5.57 Å². The fourth-order valence-corrected chi connectivity index (χ4v) is 1.93. The van der Waals surface area contributed by atoms with Crippen molar-refractivity contribution < 1.29 is 0 Å². The van der Waals surface area contributed by atoms with Crippen LogP contribution in [-0.2, 0) is 7.05 Å². The van der Waals surface area contributed by atoms with Crippen LogP contribution in [0.5, 0.6) is 0 Å². The standard InChI is InChI=1S/C13H11N7/c1-20-5-4-9-2-3-11(6-12(9)20)15-8-10(7-14)13-16-18-19-17-13/h2-6,8,15H,1H3,(H,16,17,18,19). The fourth-order valence-electron chi connectivity index (χ4n) is 1.93. The number of allylic oxidation sites excluding steroid dienone is 1. The Morgan fingerprint density at radius 1 is 1.45 bits per heavy atom. The first-order valence-electron chi connectivity index (χ1n) is 5.93. The average molecular weight is 265 g/mol. The van der Waals surface area contributed by atoms with Gasteiger partial charge in [-0.2, -0.15) is 10.5 Å². The third-order valence-electron chi connectivity index (χ3n) is 2.98. The number of aromatic nitrogens is 5. The maximum absolute atomic E-state index is 9.07. The zero-order valence-electron chi connectivity index (χ0n) is 10.7. The maximum atomic E-state index is 9.07. The van der Waals surface area contributed by atoms with Crippen molar-refractivity contribution >= 4 is 22.2 Å². The number of benzene rings is 1. The highest BCUT2D eigenvalue weighted by Gasteiger charge is 2.05. The molecule has 0 saturated carbocycles. The number of aryl methyl sites for hydroxylation is 1. The smallest absolute Gasteiger partial charge is 0.216 e. The van der Waals surface area contributed by atoms with Crippen LogP contribution in [0, 0.1) is 11.3 Å². The van der Waals surface area contributed by atoms with Gasteiger partial charge in [0.25, 0.3) is 0 Å². The van der Waals surface area contributed by atoms with E-state index in [2.05, 4.69) is 32.0 Å². The molecule has 0 bridgehead atoms. The van der Waals surface area contributed by atoms with Crippen LogP contribution >= 0.6 is 0 Å². The minimum Gasteiger partial charge on any atom is -0.360 e. The van der Waals surface area contributed by atoms with Gasteiger partial charge in [-0.15, -0.1) is 10.2 Å². The number of anilines is 1. The minimum absolute atomic E-state index is 0.264. The van der Waals surface area contributed by atoms with E-state index in [0.717, 1.165) is 11.2 Å². The topological polar surface area (TPSA) is 95.2 Å². The lowest BCUT2D eigenvalue weighted by Gasteiger charge is -2.03. The third-order valence-corrected chi connectivity index (χ3v) is 2.98. The molecule has 2 N–H and O–H groups in total. The van der Waals surface area contributed by atoms with Crippen LogP contribution in [0.4, 0.5) is 5.69 Å². The van der Waals surface area contributed by atoms with E-state index < -0.39 is 0 Å². The van der Waals surface area contributed by atoms with Crippen LogP contribution in [0.25, 0.3) is 16.5 Å². The van der Waals surface area contributed by atoms with Gasteiger partial charge in [0, 0.05) is 30.6 Å². The number of hydrogen-bond acceptors (Lipinski definition) is 5. The van der Waals surface area contributed by atoms with E-state index in [-0.39, 0.29) is 5.82 Å². The summed E-state index contributed by atoms with van der Waals surface area (Å²) in [4.78, 5) is 0. The molecule has 3 rings (SSSR count). The lowest BCUT2D eigenvalue weighted by molar-refractivity contribution is 0.881. The number of hydrogen-bond donors (Lipinski definition) is 2. The highest BCUT2D eigenvalue weighted by Crippen LogP contribution is 2.20. The van der Waals surface area contributed by atoms with Gasteiger partial charge in [-0.05, 0) is 28.8 Å². The first kappa shape index (κ1) is 11.9. The molecule has 98 valence electrons. The molecular weight excluding hydrogens is 254 g/mol. The van der Waals surface area contributed by atoms with Gasteiger partial charge in [-0.1, -0.05) is 6.07 Å². The summed E-state index contributed by atoms with van der Waals surface area (Å²) in [5.74, 6) is 0.264. The van der Waals surface area contributed by atoms with E-state index in [9.17, 15) is 0 Å². The Kier molecular flexibility index (Phi) is 2.89. The van der Waals surface area contributed by atoms with Gasteiger partial charge in [0.05, 0.1) is 0 Å². The largest absolute Gasteiger partial charge is 0.360 e. The zero-order valence-corrected chi connectivity index (χ0v) is 10.7. The molecule has 2 aromatic heterocycles. The van der Waals surface area contributed by atoms with Crippen molar-refractivity contribution in [2.75, 3.05) is 5.32 Å². The van der Waals surface area contributed by atoms with Crippen LogP contribution in [0.1, 0.15) is 5.82 Å². The van der Waals surface area contributed by atoms with Gasteiger partial charge in [0.2, 0.25) is 5.82 Å². The van der Waals surface area contributed by atoms with Gasteiger partial charge < -0.3 is 9.88 Å². The minimum atomic E-state index is 0.264. The normalized spacial score (nSPS) is 11.5. The predicted octanol–water partition coefficient (Wildman–Crippen LogP) is 1.67. The van der Waals surface area contributed by atoms with Crippen molar-refractivity contribution in [3.63, 3.8) is 0 Å². The number of fused-ring (bicyclic) bond motifs is 1. The Morgan fingerprint density at radius 2 is 2.35 bits per heavy atom. The maximum Gasteiger partial charge on any atom is 0.216 e. The van der Waals surface area contributed by atoms with E-state index in [1.807, 2.05) is 42.1 Å². The Morgan fingerprint density at radius 3 is 3.10 bits per heavy atom. The summed E-state index contributed by atoms with van der Waals surface area (Å²) in [5.41, 5.74) is 2.31. The Hall–Kier alpha value is -3.14. The van der Waals surface area contributed by atoms with Crippen LogP contribution in [0.2, 0.25) is 0 Å². The molecule has 0 fully saturated rings. The Balaban J connectivity index is 1.89. The van der Waals surface area contributed by atoms with E-state index in [1.54, 1.807) is 6.20 Å². The van der Waals surface area contributed by atoms with Crippen molar-refractivity contribution in [1.82, 2.24) is 25.2 Å². The molecule has 0 aliphatic carbocycles. The second kappa shape index (κ2) is 4.85. The van der Waals surface area contributed by atoms with Crippen molar-refractivity contribution in [1.29, 1.82) is 5.26 Å². The van der Waals surface area contributed by atoms with Crippen LogP contribution in [0.3, 0.4) is 0 Å². The van der Waals surface area contributed by atoms with Gasteiger partial charge in [0.15, 0.2) is 0 Å². The number of nitriles is 1. The summed E-state index contributed by atoms with van der Waals surface area (Å²) in [5, 5.41) is 26.6. The second-order valence-electron chi connectivity index (χ2n) is 4.25. The van der Waals surface area contributed by atoms with Gasteiger partial charge in [0.1, 0.15) is 11.6 Å². The van der Waals surface area contributed by atoms with Gasteiger partial charge in [-0.3, -0.25) is 0 Å². The molecule has 1 aromatic carbocycles. The number of rotatable bonds is 3. The molecule has 3 aromatic rings. The molecule has 0 saturated heterocycles. The third kappa shape index (κ3) is 2.10. The fraction of sp³-hybridized carbons (Fsp3) is 0.0769. The lowest BCUT2D eigenvalue weighted by atomic mass is 10.2. The molecule has 20 heavy (non-hydrogen) atoms. The molecule has 0 atom stereocenters. The molecule has 0 aliphatic rings. The van der Waals surface area contributed by atoms with E-state index in [1.165, 1.54) is 5.39 Å². The SMILES string of the molecule is Cn1ccc2ccc(NC=C(C#N)c3nn[nH]n3)cc21. The number of H-pyrrole nitrogens is 1. The summed E-state index contributed by atoms with van der Waals surface area (Å²) in [7, 11) is 1.99. The van der Waals surface area contributed by atoms with Crippen LogP contribution in [-0.4, -0.2) is 25.2 Å². The second-order valence-corrected chi connectivity index (χ2v) is 4.25. The molecule has 7 heteroatoms. The van der Waals surface area contributed by atoms with Crippen molar-refractivity contribution in [3.8, 4) is 6.07 Å². The van der Waals surface area contributed by atoms with Crippen molar-refractivity contribution in [3.05, 3.63) is 42.5 Å². The van der Waals surface area contributed by atoms with Crippen molar-refractivity contribution in [2.45, 2.75) is 0 Å². The summed E-state index contributed by atoms with van der Waals surface area (Å²) < 4.78 is 2.04. The molecule has 2 heterocycles. The first-order chi connectivity index (χ1) is 9.78. The molecular formula is C13H11N7. The quantitative estimate of drug-likeness (QED) is 0.702. The molecule has 0 spiro atoms. The molecule has 0 unspecified atom stereocenters. The predicted molar refractivity (Wildman–Crippen MR) is 74.3 cm³/mol. The van der Waals surface area contributed by atoms with E-state index >= 15 is 0 Å². The molecule has 0 radical (unpaired) electrons. The van der Waals surface area contributed by atoms with Gasteiger partial charge >= 0.3 is 0 Å². The molecule has 0 amide bonds. The highest BCUT2D eigenvalue weighted by molar-refractivity contribution is 5.84. The number of tetrazole rings is 1. The molecule has 7 nitrogen and oxygen atoms in total. The number of nitrogens with zero attached hydrogens (tertiary/aromatic N) is 5. The monoisotopic (exact) mass is 265 g/mol. The number of nitrogens with one attached hydrogen (secondary N) is 2. The number of aromatic amines is 1. The van der Waals surface area contributed by atoms with Gasteiger partial charge in [-0.25, -0.2) is 0 Å². The first-order valence-corrected chi connectivity index (χ1v) is 5.93. The van der Waals surface area contributed by atoms with E-state index in [4.69, 9.17) is 5.26 Å². The summed E-state index contributed by atoms with van der Waals surface area (Å²) >= 11 is 0.